The second-order valence-corrected chi connectivity index (χ2v) is 8.97. The van der Waals surface area contributed by atoms with Crippen LogP contribution in [0.25, 0.3) is 0 Å². The largest absolute Gasteiger partial charge is 0.459 e. The second kappa shape index (κ2) is 10.6. The zero-order valence-electron chi connectivity index (χ0n) is 18.9. The van der Waals surface area contributed by atoms with Crippen LogP contribution >= 0.6 is 23.2 Å². The highest BCUT2D eigenvalue weighted by Gasteiger charge is 2.41. The zero-order chi connectivity index (χ0) is 25.1. The van der Waals surface area contributed by atoms with Gasteiger partial charge >= 0.3 is 11.9 Å². The molecular weight excluding hydrogens is 495 g/mol. The number of aryl methyl sites for hydroxylation is 2. The van der Waals surface area contributed by atoms with Crippen LogP contribution in [0.2, 0.25) is 10.2 Å². The number of carbonyl (C=O) groups excluding carboxylic acids is 2. The molecule has 2 heterocycles. The zero-order valence-corrected chi connectivity index (χ0v) is 20.5. The molecule has 0 saturated carbocycles. The molecule has 1 aliphatic rings. The summed E-state index contributed by atoms with van der Waals surface area (Å²) in [6.07, 6.45) is -2.47. The maximum absolute atomic E-state index is 12.7. The molecule has 0 spiro atoms. The van der Waals surface area contributed by atoms with Crippen LogP contribution in [0.15, 0.2) is 59.4 Å². The van der Waals surface area contributed by atoms with E-state index < -0.39 is 35.9 Å². The lowest BCUT2D eigenvalue weighted by molar-refractivity contribution is -0.0612. The number of hydrogen-bond acceptors (Lipinski definition) is 7. The Bertz CT molecular complexity index is 1290. The summed E-state index contributed by atoms with van der Waals surface area (Å²) in [5.41, 5.74) is 2.20. The average molecular weight is 517 g/mol. The summed E-state index contributed by atoms with van der Waals surface area (Å²) in [7, 11) is 0. The molecule has 1 saturated heterocycles. The van der Waals surface area contributed by atoms with Gasteiger partial charge in [0.1, 0.15) is 18.8 Å². The highest BCUT2D eigenvalue weighted by atomic mass is 35.5. The molecule has 0 unspecified atom stereocenters. The lowest BCUT2D eigenvalue weighted by Crippen LogP contribution is -2.32. The van der Waals surface area contributed by atoms with Gasteiger partial charge < -0.3 is 14.2 Å². The van der Waals surface area contributed by atoms with Gasteiger partial charge in [-0.1, -0.05) is 58.6 Å². The number of ether oxygens (including phenoxy) is 3. The molecule has 0 radical (unpaired) electrons. The van der Waals surface area contributed by atoms with Gasteiger partial charge in [-0.2, -0.15) is 9.78 Å². The summed E-state index contributed by atoms with van der Waals surface area (Å²) in [5, 5.41) is 3.92. The van der Waals surface area contributed by atoms with Crippen LogP contribution in [0.3, 0.4) is 0 Å². The fraction of sp³-hybridized carbons (Fsp3) is 0.280. The summed E-state index contributed by atoms with van der Waals surface area (Å²) in [6, 6.07) is 14.9. The number of carbonyl (C=O) groups is 2. The third kappa shape index (κ3) is 5.90. The molecule has 3 atom stereocenters. The Morgan fingerprint density at radius 2 is 1.57 bits per heavy atom. The molecule has 1 aliphatic heterocycles. The summed E-state index contributed by atoms with van der Waals surface area (Å²) >= 11 is 11.9. The van der Waals surface area contributed by atoms with Crippen molar-refractivity contribution in [2.75, 3.05) is 6.61 Å². The van der Waals surface area contributed by atoms with Crippen molar-refractivity contribution >= 4 is 35.1 Å². The van der Waals surface area contributed by atoms with Crippen molar-refractivity contribution in [3.05, 3.63) is 97.4 Å². The van der Waals surface area contributed by atoms with E-state index in [1.807, 2.05) is 13.8 Å². The Labute approximate surface area is 211 Å². The lowest BCUT2D eigenvalue weighted by Gasteiger charge is -2.19. The maximum Gasteiger partial charge on any atom is 0.338 e. The smallest absolute Gasteiger partial charge is 0.338 e. The van der Waals surface area contributed by atoms with E-state index in [0.717, 1.165) is 21.9 Å². The van der Waals surface area contributed by atoms with Crippen molar-refractivity contribution in [1.29, 1.82) is 0 Å². The Morgan fingerprint density at radius 1 is 1.00 bits per heavy atom. The highest BCUT2D eigenvalue weighted by Crippen LogP contribution is 2.31. The minimum absolute atomic E-state index is 0.0110. The summed E-state index contributed by atoms with van der Waals surface area (Å²) in [6.45, 7) is 3.61. The molecule has 8 nitrogen and oxygen atoms in total. The molecule has 1 fully saturated rings. The van der Waals surface area contributed by atoms with E-state index in [9.17, 15) is 14.4 Å². The van der Waals surface area contributed by atoms with Gasteiger partial charge in [-0.3, -0.25) is 4.79 Å². The van der Waals surface area contributed by atoms with Gasteiger partial charge in [-0.05, 0) is 38.1 Å². The molecular formula is C25H22Cl2N2O6. The van der Waals surface area contributed by atoms with Crippen molar-refractivity contribution in [3.63, 3.8) is 0 Å². The molecule has 10 heteroatoms. The monoisotopic (exact) mass is 516 g/mol. The van der Waals surface area contributed by atoms with Crippen molar-refractivity contribution in [3.8, 4) is 0 Å². The van der Waals surface area contributed by atoms with Gasteiger partial charge in [0, 0.05) is 12.5 Å². The molecule has 3 aromatic rings. The highest BCUT2D eigenvalue weighted by molar-refractivity contribution is 6.41. The first kappa shape index (κ1) is 24.9. The maximum atomic E-state index is 12.7. The molecule has 0 bridgehead atoms. The van der Waals surface area contributed by atoms with Crippen molar-refractivity contribution < 1.29 is 23.8 Å². The Balaban J connectivity index is 1.53. The summed E-state index contributed by atoms with van der Waals surface area (Å²) in [4.78, 5) is 37.7. The standard InChI is InChI=1S/C25H22Cl2N2O6/c1-14-3-7-16(8-4-14)24(31)33-13-20-19(35-25(32)17-9-5-15(2)6-10-17)12-22(34-20)29-21(30)11-18(26)23(27)28-29/h3-11,19-20,22H,12-13H2,1-2H3/t19-,20+,22+/m0/s1. The second-order valence-electron chi connectivity index (χ2n) is 8.21. The first-order valence-electron chi connectivity index (χ1n) is 10.8. The Morgan fingerprint density at radius 3 is 2.17 bits per heavy atom. The fourth-order valence-electron chi connectivity index (χ4n) is 3.58. The van der Waals surface area contributed by atoms with Crippen LogP contribution in [0, 0.1) is 13.8 Å². The number of aromatic nitrogens is 2. The first-order chi connectivity index (χ1) is 16.7. The summed E-state index contributed by atoms with van der Waals surface area (Å²) < 4.78 is 18.1. The van der Waals surface area contributed by atoms with Gasteiger partial charge in [0.15, 0.2) is 11.4 Å². The van der Waals surface area contributed by atoms with E-state index in [1.54, 1.807) is 48.5 Å². The van der Waals surface area contributed by atoms with Crippen LogP contribution in [0.4, 0.5) is 0 Å². The Hall–Kier alpha value is -3.20. The minimum atomic E-state index is -0.906. The normalized spacial score (nSPS) is 19.4. The van der Waals surface area contributed by atoms with Crippen molar-refractivity contribution in [1.82, 2.24) is 9.78 Å². The van der Waals surface area contributed by atoms with Crippen molar-refractivity contribution in [2.24, 2.45) is 0 Å². The third-order valence-corrected chi connectivity index (χ3v) is 6.20. The number of hydrogen-bond donors (Lipinski definition) is 0. The van der Waals surface area contributed by atoms with Gasteiger partial charge in [0.25, 0.3) is 5.56 Å². The van der Waals surface area contributed by atoms with Crippen LogP contribution < -0.4 is 5.56 Å². The van der Waals surface area contributed by atoms with E-state index in [1.165, 1.54) is 0 Å². The number of esters is 2. The van der Waals surface area contributed by atoms with Crippen LogP contribution in [-0.4, -0.2) is 40.5 Å². The number of nitrogens with zero attached hydrogens (tertiary/aromatic N) is 2. The first-order valence-corrected chi connectivity index (χ1v) is 11.6. The minimum Gasteiger partial charge on any atom is -0.459 e. The van der Waals surface area contributed by atoms with Gasteiger partial charge in [-0.15, -0.1) is 0 Å². The van der Waals surface area contributed by atoms with E-state index in [4.69, 9.17) is 37.4 Å². The van der Waals surface area contributed by atoms with Gasteiger partial charge in [0.05, 0.1) is 16.1 Å². The fourth-order valence-corrected chi connectivity index (χ4v) is 3.85. The van der Waals surface area contributed by atoms with E-state index in [-0.39, 0.29) is 23.2 Å². The molecule has 0 amide bonds. The van der Waals surface area contributed by atoms with Crippen molar-refractivity contribution in [2.45, 2.75) is 38.7 Å². The van der Waals surface area contributed by atoms with E-state index in [2.05, 4.69) is 5.10 Å². The predicted octanol–water partition coefficient (Wildman–Crippen LogP) is 4.54. The molecule has 4 rings (SSSR count). The number of rotatable bonds is 6. The molecule has 1 aromatic heterocycles. The van der Waals surface area contributed by atoms with Crippen LogP contribution in [-0.2, 0) is 14.2 Å². The van der Waals surface area contributed by atoms with E-state index >= 15 is 0 Å². The predicted molar refractivity (Wildman–Crippen MR) is 129 cm³/mol. The Kier molecular flexibility index (Phi) is 7.54. The van der Waals surface area contributed by atoms with Gasteiger partial charge in [0.2, 0.25) is 0 Å². The van der Waals surface area contributed by atoms with E-state index in [0.29, 0.717) is 11.1 Å². The molecule has 2 aromatic carbocycles. The number of halogens is 2. The van der Waals surface area contributed by atoms with Gasteiger partial charge in [-0.25, -0.2) is 9.59 Å². The summed E-state index contributed by atoms with van der Waals surface area (Å²) in [5.74, 6) is -1.12. The lowest BCUT2D eigenvalue weighted by atomic mass is 10.1. The topological polar surface area (TPSA) is 96.7 Å². The molecule has 35 heavy (non-hydrogen) atoms. The van der Waals surface area contributed by atoms with Crippen LogP contribution in [0.1, 0.15) is 44.5 Å². The molecule has 0 aliphatic carbocycles. The molecule has 182 valence electrons. The quantitative estimate of drug-likeness (QED) is 0.443. The SMILES string of the molecule is Cc1ccc(C(=O)OC[C@H]2O[C@@H](n3nc(Cl)c(Cl)cc3=O)C[C@@H]2OC(=O)c2ccc(C)cc2)cc1. The average Bonchev–Trinajstić information content (AvgIpc) is 3.22. The third-order valence-electron chi connectivity index (χ3n) is 5.53. The molecule has 0 N–H and O–H groups in total. The number of benzene rings is 2. The van der Waals surface area contributed by atoms with Crippen LogP contribution in [0.5, 0.6) is 0 Å².